The number of hydrogen-bond donors (Lipinski definition) is 1. The Morgan fingerprint density at radius 1 is 1.32 bits per heavy atom. The molecule has 8 nitrogen and oxygen atoms in total. The molecule has 0 spiro atoms. The van der Waals surface area contributed by atoms with Crippen molar-refractivity contribution in [1.29, 1.82) is 0 Å². The van der Waals surface area contributed by atoms with E-state index < -0.39 is 15.9 Å². The van der Waals surface area contributed by atoms with Gasteiger partial charge >= 0.3 is 0 Å². The van der Waals surface area contributed by atoms with Crippen LogP contribution in [0.2, 0.25) is 0 Å². The van der Waals surface area contributed by atoms with Crippen molar-refractivity contribution in [1.82, 2.24) is 9.29 Å². The number of carbonyl (C=O) groups is 1. The molecule has 1 amide bonds. The van der Waals surface area contributed by atoms with Crippen molar-refractivity contribution in [3.63, 3.8) is 0 Å². The average Bonchev–Trinajstić information content (AvgIpc) is 2.96. The number of sulfonamides is 1. The third-order valence-electron chi connectivity index (χ3n) is 3.47. The Morgan fingerprint density at radius 2 is 2.08 bits per heavy atom. The van der Waals surface area contributed by atoms with Crippen molar-refractivity contribution < 1.29 is 22.7 Å². The highest BCUT2D eigenvalue weighted by Gasteiger charge is 2.25. The van der Waals surface area contributed by atoms with E-state index in [1.807, 2.05) is 0 Å². The number of nitrogens with one attached hydrogen (secondary N) is 1. The third kappa shape index (κ3) is 4.09. The second-order valence-electron chi connectivity index (χ2n) is 5.31. The molecular weight excluding hydrogens is 366 g/mol. The summed E-state index contributed by atoms with van der Waals surface area (Å²) in [5.74, 6) is 0.440. The molecule has 2 heterocycles. The molecular formula is C15H17N3O5S2. The van der Waals surface area contributed by atoms with Crippen LogP contribution in [0.3, 0.4) is 0 Å². The third-order valence-corrected chi connectivity index (χ3v) is 5.96. The van der Waals surface area contributed by atoms with Gasteiger partial charge < -0.3 is 14.8 Å². The highest BCUT2D eigenvalue weighted by Crippen LogP contribution is 2.32. The Kier molecular flexibility index (Phi) is 5.21. The summed E-state index contributed by atoms with van der Waals surface area (Å²) in [6.45, 7) is 0.662. The number of anilines is 1. The molecule has 2 aromatic rings. The number of thiazole rings is 1. The van der Waals surface area contributed by atoms with Gasteiger partial charge in [0.1, 0.15) is 0 Å². The highest BCUT2D eigenvalue weighted by molar-refractivity contribution is 7.89. The molecule has 134 valence electrons. The maximum atomic E-state index is 12.7. The van der Waals surface area contributed by atoms with E-state index in [1.165, 1.54) is 30.5 Å². The molecule has 0 saturated carbocycles. The van der Waals surface area contributed by atoms with Crippen LogP contribution < -0.4 is 14.8 Å². The van der Waals surface area contributed by atoms with Crippen LogP contribution in [-0.2, 0) is 14.8 Å². The van der Waals surface area contributed by atoms with Crippen LogP contribution in [0, 0.1) is 0 Å². The van der Waals surface area contributed by atoms with Crippen molar-refractivity contribution in [3.05, 3.63) is 29.8 Å². The largest absolute Gasteiger partial charge is 0.490 e. The fourth-order valence-corrected chi connectivity index (χ4v) is 3.90. The molecule has 25 heavy (non-hydrogen) atoms. The molecule has 0 radical (unpaired) electrons. The number of ether oxygens (including phenoxy) is 2. The minimum absolute atomic E-state index is 0.0429. The minimum Gasteiger partial charge on any atom is -0.490 e. The molecule has 0 saturated heterocycles. The summed E-state index contributed by atoms with van der Waals surface area (Å²) in [6, 6.07) is 4.43. The van der Waals surface area contributed by atoms with Gasteiger partial charge in [0.15, 0.2) is 16.6 Å². The van der Waals surface area contributed by atoms with Gasteiger partial charge in [-0.1, -0.05) is 0 Å². The van der Waals surface area contributed by atoms with Gasteiger partial charge in [-0.2, -0.15) is 4.31 Å². The highest BCUT2D eigenvalue weighted by atomic mass is 32.2. The first-order valence-corrected chi connectivity index (χ1v) is 9.84. The molecule has 0 aliphatic carbocycles. The zero-order valence-corrected chi connectivity index (χ0v) is 15.1. The van der Waals surface area contributed by atoms with Crippen molar-refractivity contribution >= 4 is 32.4 Å². The van der Waals surface area contributed by atoms with Gasteiger partial charge in [-0.05, 0) is 12.1 Å². The molecule has 0 fully saturated rings. The van der Waals surface area contributed by atoms with Gasteiger partial charge in [0.05, 0.1) is 24.7 Å². The topological polar surface area (TPSA) is 97.8 Å². The molecule has 1 aliphatic heterocycles. The van der Waals surface area contributed by atoms with Gasteiger partial charge in [-0.15, -0.1) is 11.3 Å². The first-order chi connectivity index (χ1) is 12.0. The van der Waals surface area contributed by atoms with E-state index in [1.54, 1.807) is 17.6 Å². The van der Waals surface area contributed by atoms with Gasteiger partial charge in [0.25, 0.3) is 0 Å². The van der Waals surface area contributed by atoms with Crippen molar-refractivity contribution in [2.45, 2.75) is 11.3 Å². The standard InChI is InChI=1S/C15H17N3O5S2/c1-18(10-14(19)17-15-16-5-8-24-15)25(20,21)11-3-4-12-13(9-11)23-7-2-6-22-12/h3-5,8-9H,2,6-7,10H2,1H3,(H,16,17,19). The summed E-state index contributed by atoms with van der Waals surface area (Å²) < 4.78 is 37.4. The van der Waals surface area contributed by atoms with Gasteiger partial charge in [-0.25, -0.2) is 13.4 Å². The van der Waals surface area contributed by atoms with E-state index in [4.69, 9.17) is 9.47 Å². The lowest BCUT2D eigenvalue weighted by Gasteiger charge is -2.17. The lowest BCUT2D eigenvalue weighted by molar-refractivity contribution is -0.116. The van der Waals surface area contributed by atoms with Gasteiger partial charge in [0.2, 0.25) is 15.9 Å². The Labute approximate surface area is 149 Å². The molecule has 1 aromatic carbocycles. The second kappa shape index (κ2) is 7.38. The smallest absolute Gasteiger partial charge is 0.243 e. The van der Waals surface area contributed by atoms with Crippen molar-refractivity contribution in [2.75, 3.05) is 32.1 Å². The summed E-state index contributed by atoms with van der Waals surface area (Å²) >= 11 is 1.26. The van der Waals surface area contributed by atoms with Crippen LogP contribution >= 0.6 is 11.3 Å². The fraction of sp³-hybridized carbons (Fsp3) is 0.333. The van der Waals surface area contributed by atoms with Crippen LogP contribution in [0.1, 0.15) is 6.42 Å². The monoisotopic (exact) mass is 383 g/mol. The predicted octanol–water partition coefficient (Wildman–Crippen LogP) is 1.56. The lowest BCUT2D eigenvalue weighted by atomic mass is 10.3. The molecule has 1 N–H and O–H groups in total. The molecule has 3 rings (SSSR count). The number of aromatic nitrogens is 1. The summed E-state index contributed by atoms with van der Waals surface area (Å²) in [4.78, 5) is 16.0. The van der Waals surface area contributed by atoms with Crippen LogP contribution in [0.4, 0.5) is 5.13 Å². The Morgan fingerprint density at radius 3 is 2.80 bits per heavy atom. The summed E-state index contributed by atoms with van der Waals surface area (Å²) in [5.41, 5.74) is 0. The van der Waals surface area contributed by atoms with Crippen molar-refractivity contribution in [2.24, 2.45) is 0 Å². The summed E-state index contributed by atoms with van der Waals surface area (Å²) in [5, 5.41) is 4.69. The first kappa shape index (κ1) is 17.6. The maximum absolute atomic E-state index is 12.7. The molecule has 10 heteroatoms. The number of nitrogens with zero attached hydrogens (tertiary/aromatic N) is 2. The normalized spacial score (nSPS) is 14.2. The zero-order valence-electron chi connectivity index (χ0n) is 13.5. The number of carbonyl (C=O) groups excluding carboxylic acids is 1. The molecule has 1 aliphatic rings. The van der Waals surface area contributed by atoms with Crippen LogP contribution in [0.5, 0.6) is 11.5 Å². The Balaban J connectivity index is 1.74. The minimum atomic E-state index is -3.84. The lowest BCUT2D eigenvalue weighted by Crippen LogP contribution is -2.34. The van der Waals surface area contributed by atoms with Crippen LogP contribution in [0.15, 0.2) is 34.7 Å². The van der Waals surface area contributed by atoms with Crippen LogP contribution in [-0.4, -0.2) is 50.4 Å². The fourth-order valence-electron chi connectivity index (χ4n) is 2.22. The summed E-state index contributed by atoms with van der Waals surface area (Å²) in [6.07, 6.45) is 2.28. The molecule has 0 unspecified atom stereocenters. The number of benzene rings is 1. The Bertz CT molecular complexity index is 852. The van der Waals surface area contributed by atoms with Crippen molar-refractivity contribution in [3.8, 4) is 11.5 Å². The van der Waals surface area contributed by atoms with E-state index >= 15 is 0 Å². The van der Waals surface area contributed by atoms with E-state index in [2.05, 4.69) is 10.3 Å². The van der Waals surface area contributed by atoms with E-state index in [0.717, 1.165) is 10.7 Å². The number of likely N-dealkylation sites (N-methyl/N-ethyl adjacent to an activating group) is 1. The second-order valence-corrected chi connectivity index (χ2v) is 8.24. The number of rotatable bonds is 5. The quantitative estimate of drug-likeness (QED) is 0.842. The number of fused-ring (bicyclic) bond motifs is 1. The molecule has 0 atom stereocenters. The molecule has 0 bridgehead atoms. The molecule has 1 aromatic heterocycles. The zero-order chi connectivity index (χ0) is 17.9. The van der Waals surface area contributed by atoms with Gasteiger partial charge in [-0.3, -0.25) is 4.79 Å². The SMILES string of the molecule is CN(CC(=O)Nc1nccs1)S(=O)(=O)c1ccc2c(c1)OCCCO2. The summed E-state index contributed by atoms with van der Waals surface area (Å²) in [7, 11) is -2.49. The predicted molar refractivity (Wildman–Crippen MR) is 92.6 cm³/mol. The average molecular weight is 383 g/mol. The maximum Gasteiger partial charge on any atom is 0.243 e. The van der Waals surface area contributed by atoms with Gasteiger partial charge in [0, 0.05) is 31.1 Å². The number of hydrogen-bond acceptors (Lipinski definition) is 7. The first-order valence-electron chi connectivity index (χ1n) is 7.52. The van der Waals surface area contributed by atoms with E-state index in [-0.39, 0.29) is 11.4 Å². The van der Waals surface area contributed by atoms with E-state index in [0.29, 0.717) is 29.8 Å². The van der Waals surface area contributed by atoms with E-state index in [9.17, 15) is 13.2 Å². The van der Waals surface area contributed by atoms with Crippen LogP contribution in [0.25, 0.3) is 0 Å². The Hall–Kier alpha value is -2.17. The number of amides is 1.